The number of fused-ring (bicyclic) bond motifs is 2. The lowest BCUT2D eigenvalue weighted by atomic mass is 9.38. The number of carbonyl (C=O) groups is 4. The maximum absolute atomic E-state index is 13.6. The molecule has 10 atom stereocenters. The van der Waals surface area contributed by atoms with Gasteiger partial charge in [-0.25, -0.2) is 14.4 Å². The fourth-order valence-electron chi connectivity index (χ4n) is 9.15. The maximum Gasteiger partial charge on any atom is 0.348 e. The highest BCUT2D eigenvalue weighted by atomic mass is 16.6. The summed E-state index contributed by atoms with van der Waals surface area (Å²) in [5.41, 5.74) is -3.35. The molecule has 3 N–H and O–H groups in total. The maximum atomic E-state index is 13.6. The third-order valence-corrected chi connectivity index (χ3v) is 10.7. The SMILES string of the molecule is COC(=O)C12OC[C@@]34C1[C@@H](OC(=O)C=C(C(C)C)C(C)C)C(=O)O[C@@H]3C[C@H]1C(C)=C(O)C(=O)C[C@]1(C)[C@H]4[C@@H](O)[C@@H]2O. The van der Waals surface area contributed by atoms with Gasteiger partial charge in [0.05, 0.1) is 25.7 Å². The molecule has 0 aromatic rings. The Balaban J connectivity index is 1.69. The number of ketones is 1. The molecule has 0 aromatic carbocycles. The second-order valence-electron chi connectivity index (χ2n) is 13.2. The summed E-state index contributed by atoms with van der Waals surface area (Å²) < 4.78 is 22.9. The van der Waals surface area contributed by atoms with E-state index in [1.807, 2.05) is 27.7 Å². The van der Waals surface area contributed by atoms with Crippen molar-refractivity contribution in [2.45, 2.75) is 84.4 Å². The summed E-state index contributed by atoms with van der Waals surface area (Å²) in [5, 5.41) is 33.9. The second kappa shape index (κ2) is 9.64. The van der Waals surface area contributed by atoms with Gasteiger partial charge in [0.25, 0.3) is 0 Å². The standard InChI is InChI=1S/C30H40O11/c1-12(2)15(13(3)4)8-19(32)41-22-24-29-11-39-30(24,27(37)38-7)25(35)21(34)23(29)28(6)10-17(31)20(33)14(5)16(28)9-18(29)40-26(22)36/h8,12-13,16,18,21-25,33-35H,9-11H2,1-7H3/t16-,18+,21+,22+,23+,24?,25-,28-,29+,30?/m0/s1. The number of carbonyl (C=O) groups excluding carboxylic acids is 4. The summed E-state index contributed by atoms with van der Waals surface area (Å²) in [4.78, 5) is 53.3. The Morgan fingerprint density at radius 3 is 2.32 bits per heavy atom. The Hall–Kier alpha value is -2.76. The first-order valence-electron chi connectivity index (χ1n) is 14.2. The number of aliphatic hydroxyl groups excluding tert-OH is 3. The Bertz CT molecular complexity index is 1240. The molecular formula is C30H40O11. The lowest BCUT2D eigenvalue weighted by Gasteiger charge is -2.67. The van der Waals surface area contributed by atoms with Crippen molar-refractivity contribution < 1.29 is 53.4 Å². The van der Waals surface area contributed by atoms with Crippen LogP contribution < -0.4 is 0 Å². The molecule has 2 saturated heterocycles. The first-order valence-corrected chi connectivity index (χ1v) is 14.2. The third-order valence-electron chi connectivity index (χ3n) is 10.7. The van der Waals surface area contributed by atoms with Gasteiger partial charge < -0.3 is 34.3 Å². The van der Waals surface area contributed by atoms with Crippen LogP contribution in [0.15, 0.2) is 23.0 Å². The van der Waals surface area contributed by atoms with Crippen LogP contribution in [0, 0.1) is 40.4 Å². The minimum absolute atomic E-state index is 0.0209. The van der Waals surface area contributed by atoms with E-state index in [1.54, 1.807) is 13.8 Å². The summed E-state index contributed by atoms with van der Waals surface area (Å²) in [6, 6.07) is 0. The number of rotatable bonds is 5. The van der Waals surface area contributed by atoms with Gasteiger partial charge in [-0.1, -0.05) is 40.2 Å². The van der Waals surface area contributed by atoms with Gasteiger partial charge in [0.2, 0.25) is 11.7 Å². The molecule has 0 aromatic heterocycles. The zero-order valence-corrected chi connectivity index (χ0v) is 24.5. The molecule has 5 rings (SSSR count). The number of aliphatic hydroxyl groups is 3. The van der Waals surface area contributed by atoms with Crippen molar-refractivity contribution >= 4 is 23.7 Å². The molecule has 11 heteroatoms. The largest absolute Gasteiger partial charge is 0.504 e. The molecule has 2 heterocycles. The van der Waals surface area contributed by atoms with Crippen molar-refractivity contribution in [1.29, 1.82) is 0 Å². The van der Waals surface area contributed by atoms with Crippen molar-refractivity contribution in [2.75, 3.05) is 13.7 Å². The zero-order valence-electron chi connectivity index (χ0n) is 24.5. The highest BCUT2D eigenvalue weighted by Gasteiger charge is 2.85. The number of Topliss-reactive ketones (excluding diaryl/α,β-unsaturated/α-hetero) is 1. The first kappa shape index (κ1) is 29.7. The molecular weight excluding hydrogens is 536 g/mol. The van der Waals surface area contributed by atoms with Crippen LogP contribution in [0.25, 0.3) is 0 Å². The van der Waals surface area contributed by atoms with Crippen LogP contribution in [-0.4, -0.2) is 82.7 Å². The van der Waals surface area contributed by atoms with Crippen LogP contribution in [0.4, 0.5) is 0 Å². The summed E-state index contributed by atoms with van der Waals surface area (Å²) in [5.74, 6) is -6.24. The van der Waals surface area contributed by atoms with E-state index < -0.39 is 82.3 Å². The molecule has 4 fully saturated rings. The number of ether oxygens (including phenoxy) is 4. The summed E-state index contributed by atoms with van der Waals surface area (Å²) >= 11 is 0. The van der Waals surface area contributed by atoms with Crippen molar-refractivity contribution in [3.8, 4) is 0 Å². The van der Waals surface area contributed by atoms with Crippen LogP contribution in [0.2, 0.25) is 0 Å². The van der Waals surface area contributed by atoms with Crippen molar-refractivity contribution in [1.82, 2.24) is 0 Å². The average Bonchev–Trinajstić information content (AvgIpc) is 3.20. The van der Waals surface area contributed by atoms with Gasteiger partial charge in [-0.3, -0.25) is 4.79 Å². The molecule has 1 spiro atoms. The fraction of sp³-hybridized carbons (Fsp3) is 0.733. The van der Waals surface area contributed by atoms with E-state index in [1.165, 1.54) is 6.08 Å². The molecule has 226 valence electrons. The van der Waals surface area contributed by atoms with E-state index >= 15 is 0 Å². The summed E-state index contributed by atoms with van der Waals surface area (Å²) in [7, 11) is 1.10. The monoisotopic (exact) mass is 576 g/mol. The number of esters is 3. The van der Waals surface area contributed by atoms with E-state index in [0.717, 1.165) is 12.7 Å². The molecule has 2 bridgehead atoms. The topological polar surface area (TPSA) is 166 Å². The Morgan fingerprint density at radius 2 is 1.73 bits per heavy atom. The Morgan fingerprint density at radius 1 is 1.10 bits per heavy atom. The molecule has 2 saturated carbocycles. The number of hydrogen-bond donors (Lipinski definition) is 3. The zero-order chi connectivity index (χ0) is 30.4. The van der Waals surface area contributed by atoms with Gasteiger partial charge in [0.15, 0.2) is 11.5 Å². The average molecular weight is 577 g/mol. The summed E-state index contributed by atoms with van der Waals surface area (Å²) in [6.45, 7) is 10.9. The number of methoxy groups -OCH3 is 1. The smallest absolute Gasteiger partial charge is 0.348 e. The lowest BCUT2D eigenvalue weighted by molar-refractivity contribution is -0.290. The normalized spacial score (nSPS) is 42.9. The second-order valence-corrected chi connectivity index (χ2v) is 13.2. The quantitative estimate of drug-likeness (QED) is 0.248. The molecule has 0 radical (unpaired) electrons. The van der Waals surface area contributed by atoms with Crippen LogP contribution in [0.1, 0.15) is 54.4 Å². The highest BCUT2D eigenvalue weighted by Crippen LogP contribution is 2.72. The summed E-state index contributed by atoms with van der Waals surface area (Å²) in [6.07, 6.45) is -4.70. The highest BCUT2D eigenvalue weighted by molar-refractivity contribution is 5.95. The van der Waals surface area contributed by atoms with Gasteiger partial charge in [0, 0.05) is 23.8 Å². The number of hydrogen-bond acceptors (Lipinski definition) is 11. The molecule has 3 aliphatic carbocycles. The lowest BCUT2D eigenvalue weighted by Crippen LogP contribution is -2.79. The molecule has 2 unspecified atom stereocenters. The molecule has 0 amide bonds. The van der Waals surface area contributed by atoms with Crippen molar-refractivity contribution in [3.63, 3.8) is 0 Å². The first-order chi connectivity index (χ1) is 19.1. The van der Waals surface area contributed by atoms with E-state index in [9.17, 15) is 34.5 Å². The van der Waals surface area contributed by atoms with Crippen LogP contribution in [0.5, 0.6) is 0 Å². The van der Waals surface area contributed by atoms with E-state index in [-0.39, 0.29) is 37.0 Å². The van der Waals surface area contributed by atoms with Gasteiger partial charge >= 0.3 is 17.9 Å². The van der Waals surface area contributed by atoms with Crippen LogP contribution >= 0.6 is 0 Å². The van der Waals surface area contributed by atoms with Crippen LogP contribution in [-0.2, 0) is 38.1 Å². The Labute approximate surface area is 238 Å². The van der Waals surface area contributed by atoms with Crippen molar-refractivity contribution in [3.05, 3.63) is 23.0 Å². The van der Waals surface area contributed by atoms with E-state index in [4.69, 9.17) is 18.9 Å². The Kier molecular flexibility index (Phi) is 6.99. The van der Waals surface area contributed by atoms with Gasteiger partial charge in [-0.2, -0.15) is 0 Å². The van der Waals surface area contributed by atoms with Gasteiger partial charge in [-0.05, 0) is 42.1 Å². The van der Waals surface area contributed by atoms with E-state index in [0.29, 0.717) is 5.57 Å². The molecule has 2 aliphatic heterocycles. The third kappa shape index (κ3) is 3.74. The van der Waals surface area contributed by atoms with Crippen LogP contribution in [0.3, 0.4) is 0 Å². The fourth-order valence-corrected chi connectivity index (χ4v) is 9.15. The minimum Gasteiger partial charge on any atom is -0.504 e. The molecule has 5 aliphatic rings. The predicted octanol–water partition coefficient (Wildman–Crippen LogP) is 1.79. The van der Waals surface area contributed by atoms with E-state index in [2.05, 4.69) is 0 Å². The van der Waals surface area contributed by atoms with Gasteiger partial charge in [0.1, 0.15) is 12.2 Å². The van der Waals surface area contributed by atoms with Crippen molar-refractivity contribution in [2.24, 2.45) is 40.4 Å². The molecule has 11 nitrogen and oxygen atoms in total. The minimum atomic E-state index is -2.23. The van der Waals surface area contributed by atoms with Gasteiger partial charge in [-0.15, -0.1) is 0 Å². The molecule has 41 heavy (non-hydrogen) atoms. The number of allylic oxidation sites excluding steroid dienone is 3. The predicted molar refractivity (Wildman–Crippen MR) is 141 cm³/mol.